The fraction of sp³-hybridized carbons (Fsp3) is 0.364. The summed E-state index contributed by atoms with van der Waals surface area (Å²) in [5.74, 6) is -1.51. The first-order valence-electron chi connectivity index (χ1n) is 9.25. The molecule has 1 saturated heterocycles. The molecule has 0 aromatic heterocycles. The number of nitrogens with one attached hydrogen (secondary N) is 1. The topological polar surface area (TPSA) is 75.6 Å². The van der Waals surface area contributed by atoms with Crippen molar-refractivity contribution >= 4 is 17.6 Å². The minimum atomic E-state index is -1.02. The van der Waals surface area contributed by atoms with Crippen LogP contribution in [0.25, 0.3) is 0 Å². The number of carboxylic acids is 1. The van der Waals surface area contributed by atoms with Crippen LogP contribution < -0.4 is 5.32 Å². The summed E-state index contributed by atoms with van der Waals surface area (Å²) in [5, 5.41) is 12.3. The zero-order valence-corrected chi connectivity index (χ0v) is 16.0. The van der Waals surface area contributed by atoms with Crippen LogP contribution in [0.15, 0.2) is 48.5 Å². The molecule has 3 rings (SSSR count). The van der Waals surface area contributed by atoms with Gasteiger partial charge in [-0.25, -0.2) is 4.39 Å². The minimum Gasteiger partial charge on any atom is -0.481 e. The number of hydrogen-bond acceptors (Lipinski definition) is 3. The Morgan fingerprint density at radius 1 is 1.11 bits per heavy atom. The second kappa shape index (κ2) is 7.72. The summed E-state index contributed by atoms with van der Waals surface area (Å²) in [6, 6.07) is 12.9. The van der Waals surface area contributed by atoms with Crippen molar-refractivity contribution in [1.82, 2.24) is 0 Å². The molecule has 148 valence electrons. The molecule has 2 aromatic rings. The zero-order valence-electron chi connectivity index (χ0n) is 16.0. The summed E-state index contributed by atoms with van der Waals surface area (Å²) in [6.45, 7) is 4.11. The van der Waals surface area contributed by atoms with E-state index in [9.17, 15) is 19.1 Å². The molecule has 0 aliphatic carbocycles. The van der Waals surface area contributed by atoms with Crippen LogP contribution in [0.5, 0.6) is 0 Å². The molecule has 1 fully saturated rings. The van der Waals surface area contributed by atoms with Crippen LogP contribution in [0, 0.1) is 5.82 Å². The van der Waals surface area contributed by atoms with Crippen LogP contribution in [0.3, 0.4) is 0 Å². The maximum Gasteiger partial charge on any atom is 0.313 e. The van der Waals surface area contributed by atoms with Gasteiger partial charge in [0.15, 0.2) is 0 Å². The second-order valence-electron chi connectivity index (χ2n) is 7.67. The molecular formula is C22H24FNO4. The molecule has 0 saturated carbocycles. The van der Waals surface area contributed by atoms with Gasteiger partial charge in [0, 0.05) is 18.9 Å². The third-order valence-electron chi connectivity index (χ3n) is 5.56. The van der Waals surface area contributed by atoms with Crippen molar-refractivity contribution in [3.63, 3.8) is 0 Å². The molecular weight excluding hydrogens is 361 g/mol. The summed E-state index contributed by atoms with van der Waals surface area (Å²) in [4.78, 5) is 24.6. The third-order valence-corrected chi connectivity index (χ3v) is 5.56. The number of carbonyl (C=O) groups excluding carboxylic acids is 1. The number of aliphatic carboxylic acids is 1. The normalized spacial score (nSPS) is 16.4. The Morgan fingerprint density at radius 3 is 2.32 bits per heavy atom. The maximum absolute atomic E-state index is 13.8. The minimum absolute atomic E-state index is 0.216. The highest BCUT2D eigenvalue weighted by atomic mass is 19.1. The number of rotatable bonds is 5. The number of ether oxygens (including phenoxy) is 1. The quantitative estimate of drug-likeness (QED) is 0.819. The van der Waals surface area contributed by atoms with Gasteiger partial charge in [0.05, 0.1) is 10.8 Å². The highest BCUT2D eigenvalue weighted by Crippen LogP contribution is 2.36. The Hall–Kier alpha value is -2.73. The molecule has 5 nitrogen and oxygen atoms in total. The van der Waals surface area contributed by atoms with Gasteiger partial charge < -0.3 is 15.2 Å². The van der Waals surface area contributed by atoms with E-state index in [0.29, 0.717) is 42.9 Å². The number of halogens is 1. The number of hydrogen-bond donors (Lipinski definition) is 2. The Labute approximate surface area is 163 Å². The average molecular weight is 385 g/mol. The van der Waals surface area contributed by atoms with Gasteiger partial charge in [0.1, 0.15) is 5.82 Å². The van der Waals surface area contributed by atoms with Crippen molar-refractivity contribution in [2.45, 2.75) is 37.5 Å². The van der Waals surface area contributed by atoms with Crippen LogP contribution in [-0.2, 0) is 25.2 Å². The molecule has 0 spiro atoms. The van der Waals surface area contributed by atoms with Gasteiger partial charge in [0.25, 0.3) is 0 Å². The predicted octanol–water partition coefficient (Wildman–Crippen LogP) is 3.87. The standard InChI is InChI=1S/C22H24FNO4/c1-21(2,20(26)27)15-6-8-18(9-7-15)24-19(25)22(10-12-28-13-11-22)16-4-3-5-17(23)14-16/h3-9,14H,10-13H2,1-2H3,(H,24,25)(H,26,27). The molecule has 0 radical (unpaired) electrons. The molecule has 2 N–H and O–H groups in total. The van der Waals surface area contributed by atoms with Crippen molar-refractivity contribution in [2.24, 2.45) is 0 Å². The van der Waals surface area contributed by atoms with Crippen LogP contribution in [-0.4, -0.2) is 30.2 Å². The van der Waals surface area contributed by atoms with E-state index in [2.05, 4.69) is 5.32 Å². The number of carbonyl (C=O) groups is 2. The lowest BCUT2D eigenvalue weighted by Gasteiger charge is -2.36. The molecule has 0 unspecified atom stereocenters. The maximum atomic E-state index is 13.8. The first kappa shape index (κ1) is 20.0. The average Bonchev–Trinajstić information content (AvgIpc) is 2.68. The van der Waals surface area contributed by atoms with E-state index >= 15 is 0 Å². The van der Waals surface area contributed by atoms with Crippen molar-refractivity contribution in [3.05, 3.63) is 65.5 Å². The second-order valence-corrected chi connectivity index (χ2v) is 7.67. The Kier molecular flexibility index (Phi) is 5.52. The molecule has 1 aliphatic heterocycles. The highest BCUT2D eigenvalue weighted by Gasteiger charge is 2.42. The summed E-state index contributed by atoms with van der Waals surface area (Å²) in [6.07, 6.45) is 0.929. The van der Waals surface area contributed by atoms with Crippen LogP contribution >= 0.6 is 0 Å². The fourth-order valence-electron chi connectivity index (χ4n) is 3.50. The van der Waals surface area contributed by atoms with E-state index < -0.39 is 16.8 Å². The van der Waals surface area contributed by atoms with Crippen LogP contribution in [0.1, 0.15) is 37.8 Å². The molecule has 1 heterocycles. The van der Waals surface area contributed by atoms with Gasteiger partial charge >= 0.3 is 5.97 Å². The summed E-state index contributed by atoms with van der Waals surface area (Å²) in [5.41, 5.74) is -0.0381. The first-order valence-corrected chi connectivity index (χ1v) is 9.25. The Bertz CT molecular complexity index is 870. The lowest BCUT2D eigenvalue weighted by molar-refractivity contribution is -0.142. The van der Waals surface area contributed by atoms with Gasteiger partial charge in [-0.2, -0.15) is 0 Å². The first-order chi connectivity index (χ1) is 13.3. The largest absolute Gasteiger partial charge is 0.481 e. The number of benzene rings is 2. The van der Waals surface area contributed by atoms with E-state index in [0.717, 1.165) is 0 Å². The summed E-state index contributed by atoms with van der Waals surface area (Å²) >= 11 is 0. The smallest absolute Gasteiger partial charge is 0.313 e. The molecule has 2 aromatic carbocycles. The Morgan fingerprint density at radius 2 is 1.75 bits per heavy atom. The number of amides is 1. The monoisotopic (exact) mass is 385 g/mol. The molecule has 0 bridgehead atoms. The van der Waals surface area contributed by atoms with E-state index in [1.165, 1.54) is 12.1 Å². The van der Waals surface area contributed by atoms with Crippen molar-refractivity contribution in [2.75, 3.05) is 18.5 Å². The van der Waals surface area contributed by atoms with Gasteiger partial charge in [-0.3, -0.25) is 9.59 Å². The van der Waals surface area contributed by atoms with E-state index in [1.807, 2.05) is 0 Å². The van der Waals surface area contributed by atoms with Crippen molar-refractivity contribution in [3.8, 4) is 0 Å². The lowest BCUT2D eigenvalue weighted by atomic mass is 9.73. The lowest BCUT2D eigenvalue weighted by Crippen LogP contribution is -2.45. The van der Waals surface area contributed by atoms with Gasteiger partial charge in [-0.05, 0) is 62.1 Å². The highest BCUT2D eigenvalue weighted by molar-refractivity contribution is 5.99. The molecule has 1 amide bonds. The zero-order chi connectivity index (χ0) is 20.4. The van der Waals surface area contributed by atoms with Crippen LogP contribution in [0.4, 0.5) is 10.1 Å². The van der Waals surface area contributed by atoms with Crippen molar-refractivity contribution < 1.29 is 23.8 Å². The SMILES string of the molecule is CC(C)(C(=O)O)c1ccc(NC(=O)C2(c3cccc(F)c3)CCOCC2)cc1. The van der Waals surface area contributed by atoms with E-state index in [1.54, 1.807) is 50.2 Å². The predicted molar refractivity (Wildman–Crippen MR) is 104 cm³/mol. The van der Waals surface area contributed by atoms with Crippen LogP contribution in [0.2, 0.25) is 0 Å². The van der Waals surface area contributed by atoms with Gasteiger partial charge in [-0.1, -0.05) is 24.3 Å². The van der Waals surface area contributed by atoms with Crippen molar-refractivity contribution in [1.29, 1.82) is 0 Å². The van der Waals surface area contributed by atoms with E-state index in [-0.39, 0.29) is 11.7 Å². The number of carboxylic acid groups (broad SMARTS) is 1. The fourth-order valence-corrected chi connectivity index (χ4v) is 3.50. The third kappa shape index (κ3) is 3.78. The summed E-state index contributed by atoms with van der Waals surface area (Å²) < 4.78 is 19.2. The van der Waals surface area contributed by atoms with Gasteiger partial charge in [0.2, 0.25) is 5.91 Å². The van der Waals surface area contributed by atoms with E-state index in [4.69, 9.17) is 4.74 Å². The Balaban J connectivity index is 1.86. The molecule has 28 heavy (non-hydrogen) atoms. The van der Waals surface area contributed by atoms with Gasteiger partial charge in [-0.15, -0.1) is 0 Å². The molecule has 0 atom stereocenters. The summed E-state index contributed by atoms with van der Waals surface area (Å²) in [7, 11) is 0. The molecule has 1 aliphatic rings. The molecule has 6 heteroatoms. The number of anilines is 1.